The van der Waals surface area contributed by atoms with Crippen molar-refractivity contribution in [2.75, 3.05) is 0 Å². The summed E-state index contributed by atoms with van der Waals surface area (Å²) in [4.78, 5) is 4.04. The van der Waals surface area contributed by atoms with E-state index in [0.717, 1.165) is 23.3 Å². The molecule has 0 fully saturated rings. The van der Waals surface area contributed by atoms with Crippen LogP contribution >= 0.6 is 0 Å². The van der Waals surface area contributed by atoms with E-state index in [2.05, 4.69) is 4.98 Å². The summed E-state index contributed by atoms with van der Waals surface area (Å²) < 4.78 is 5.77. The Morgan fingerprint density at radius 2 is 2.06 bits per heavy atom. The van der Waals surface area contributed by atoms with Crippen molar-refractivity contribution in [2.24, 2.45) is 0 Å². The van der Waals surface area contributed by atoms with Gasteiger partial charge in [-0.05, 0) is 12.0 Å². The first-order valence-corrected chi connectivity index (χ1v) is 5.89. The van der Waals surface area contributed by atoms with Gasteiger partial charge < -0.3 is 4.74 Å². The Morgan fingerprint density at radius 1 is 1.28 bits per heavy atom. The minimum atomic E-state index is 0.385. The molecule has 0 N–H and O–H groups in total. The summed E-state index contributed by atoms with van der Waals surface area (Å²) in [5.74, 6) is 0.743. The number of hydrogen-bond acceptors (Lipinski definition) is 3. The molecule has 0 bridgehead atoms. The van der Waals surface area contributed by atoms with Crippen LogP contribution in [0.4, 0.5) is 0 Å². The Labute approximate surface area is 107 Å². The van der Waals surface area contributed by atoms with E-state index in [1.165, 1.54) is 0 Å². The molecule has 1 aromatic carbocycles. The SMILES string of the molecule is CCc1cnc(C#N)cc1OCc1ccccc1. The molecule has 90 valence electrons. The number of aromatic nitrogens is 1. The fourth-order valence-electron chi connectivity index (χ4n) is 1.66. The first kappa shape index (κ1) is 12.1. The van der Waals surface area contributed by atoms with Crippen molar-refractivity contribution in [3.8, 4) is 11.8 Å². The van der Waals surface area contributed by atoms with E-state index in [-0.39, 0.29) is 0 Å². The second-order valence-corrected chi connectivity index (χ2v) is 3.92. The normalized spacial score (nSPS) is 9.78. The van der Waals surface area contributed by atoms with E-state index in [1.807, 2.05) is 43.3 Å². The zero-order chi connectivity index (χ0) is 12.8. The van der Waals surface area contributed by atoms with Gasteiger partial charge in [-0.3, -0.25) is 0 Å². The van der Waals surface area contributed by atoms with Gasteiger partial charge in [0.2, 0.25) is 0 Å². The molecule has 0 amide bonds. The summed E-state index contributed by atoms with van der Waals surface area (Å²) in [6, 6.07) is 13.7. The van der Waals surface area contributed by atoms with Crippen molar-refractivity contribution in [1.29, 1.82) is 5.26 Å². The molecule has 3 nitrogen and oxygen atoms in total. The number of ether oxygens (including phenoxy) is 1. The maximum absolute atomic E-state index is 8.84. The van der Waals surface area contributed by atoms with Crippen molar-refractivity contribution in [1.82, 2.24) is 4.98 Å². The van der Waals surface area contributed by atoms with Crippen molar-refractivity contribution in [3.63, 3.8) is 0 Å². The lowest BCUT2D eigenvalue weighted by Crippen LogP contribution is -1.99. The molecule has 0 spiro atoms. The van der Waals surface area contributed by atoms with E-state index in [9.17, 15) is 0 Å². The molecule has 18 heavy (non-hydrogen) atoms. The first-order valence-electron chi connectivity index (χ1n) is 5.89. The molecule has 2 aromatic rings. The monoisotopic (exact) mass is 238 g/mol. The first-order chi connectivity index (χ1) is 8.83. The lowest BCUT2D eigenvalue weighted by molar-refractivity contribution is 0.302. The van der Waals surface area contributed by atoms with Crippen LogP contribution in [0.2, 0.25) is 0 Å². The minimum absolute atomic E-state index is 0.385. The molecule has 0 atom stereocenters. The van der Waals surface area contributed by atoms with Crippen LogP contribution in [0.1, 0.15) is 23.7 Å². The topological polar surface area (TPSA) is 45.9 Å². The Kier molecular flexibility index (Phi) is 3.93. The van der Waals surface area contributed by atoms with Crippen LogP contribution in [-0.4, -0.2) is 4.98 Å². The molecular formula is C15H14N2O. The zero-order valence-corrected chi connectivity index (χ0v) is 10.3. The third-order valence-electron chi connectivity index (χ3n) is 2.68. The van der Waals surface area contributed by atoms with Crippen molar-refractivity contribution >= 4 is 0 Å². The highest BCUT2D eigenvalue weighted by Gasteiger charge is 2.05. The molecule has 2 rings (SSSR count). The summed E-state index contributed by atoms with van der Waals surface area (Å²) in [5, 5.41) is 8.84. The van der Waals surface area contributed by atoms with E-state index in [0.29, 0.717) is 12.3 Å². The van der Waals surface area contributed by atoms with Gasteiger partial charge in [0.15, 0.2) is 0 Å². The molecule has 0 aliphatic rings. The van der Waals surface area contributed by atoms with Crippen LogP contribution < -0.4 is 4.74 Å². The van der Waals surface area contributed by atoms with Gasteiger partial charge in [-0.25, -0.2) is 4.98 Å². The highest BCUT2D eigenvalue weighted by Crippen LogP contribution is 2.20. The lowest BCUT2D eigenvalue weighted by atomic mass is 10.2. The van der Waals surface area contributed by atoms with Crippen LogP contribution in [0.3, 0.4) is 0 Å². The average molecular weight is 238 g/mol. The highest BCUT2D eigenvalue weighted by molar-refractivity contribution is 5.37. The van der Waals surface area contributed by atoms with Gasteiger partial charge in [0.1, 0.15) is 24.1 Å². The standard InChI is InChI=1S/C15H14N2O/c1-2-13-10-17-14(9-16)8-15(13)18-11-12-6-4-3-5-7-12/h3-8,10H,2,11H2,1H3. The number of rotatable bonds is 4. The third kappa shape index (κ3) is 2.86. The summed E-state index contributed by atoms with van der Waals surface area (Å²) >= 11 is 0. The van der Waals surface area contributed by atoms with Gasteiger partial charge in [0, 0.05) is 17.8 Å². The Hall–Kier alpha value is -2.34. The quantitative estimate of drug-likeness (QED) is 0.822. The number of benzene rings is 1. The third-order valence-corrected chi connectivity index (χ3v) is 2.68. The fourth-order valence-corrected chi connectivity index (χ4v) is 1.66. The van der Waals surface area contributed by atoms with E-state index in [1.54, 1.807) is 12.3 Å². The highest BCUT2D eigenvalue weighted by atomic mass is 16.5. The van der Waals surface area contributed by atoms with Crippen molar-refractivity contribution < 1.29 is 4.74 Å². The van der Waals surface area contributed by atoms with Crippen molar-refractivity contribution in [2.45, 2.75) is 20.0 Å². The van der Waals surface area contributed by atoms with E-state index in [4.69, 9.17) is 10.00 Å². The fraction of sp³-hybridized carbons (Fsp3) is 0.200. The Morgan fingerprint density at radius 3 is 2.72 bits per heavy atom. The molecule has 0 saturated heterocycles. The van der Waals surface area contributed by atoms with Gasteiger partial charge in [-0.1, -0.05) is 37.3 Å². The molecular weight excluding hydrogens is 224 g/mol. The number of hydrogen-bond donors (Lipinski definition) is 0. The smallest absolute Gasteiger partial charge is 0.144 e. The molecule has 0 aliphatic heterocycles. The molecule has 0 aliphatic carbocycles. The molecule has 3 heteroatoms. The van der Waals surface area contributed by atoms with E-state index >= 15 is 0 Å². The molecule has 1 heterocycles. The molecule has 0 radical (unpaired) electrons. The summed E-state index contributed by atoms with van der Waals surface area (Å²) in [7, 11) is 0. The van der Waals surface area contributed by atoms with Gasteiger partial charge in [0.25, 0.3) is 0 Å². The second-order valence-electron chi connectivity index (χ2n) is 3.92. The maximum Gasteiger partial charge on any atom is 0.144 e. The predicted molar refractivity (Wildman–Crippen MR) is 69.1 cm³/mol. The molecule has 0 saturated carbocycles. The Balaban J connectivity index is 2.15. The van der Waals surface area contributed by atoms with Gasteiger partial charge in [-0.2, -0.15) is 5.26 Å². The predicted octanol–water partition coefficient (Wildman–Crippen LogP) is 3.09. The Bertz CT molecular complexity index is 558. The van der Waals surface area contributed by atoms with Crippen molar-refractivity contribution in [3.05, 3.63) is 59.4 Å². The van der Waals surface area contributed by atoms with Gasteiger partial charge >= 0.3 is 0 Å². The molecule has 1 aromatic heterocycles. The van der Waals surface area contributed by atoms with Crippen LogP contribution in [0.5, 0.6) is 5.75 Å². The zero-order valence-electron chi connectivity index (χ0n) is 10.3. The summed E-state index contributed by atoms with van der Waals surface area (Å²) in [5.41, 5.74) is 2.51. The number of nitriles is 1. The van der Waals surface area contributed by atoms with Crippen LogP contribution in [0.25, 0.3) is 0 Å². The average Bonchev–Trinajstić information content (AvgIpc) is 2.45. The molecule has 0 unspecified atom stereocenters. The lowest BCUT2D eigenvalue weighted by Gasteiger charge is -2.10. The number of aryl methyl sites for hydroxylation is 1. The number of nitrogens with zero attached hydrogens (tertiary/aromatic N) is 2. The van der Waals surface area contributed by atoms with Gasteiger partial charge in [0.05, 0.1) is 0 Å². The summed E-state index contributed by atoms with van der Waals surface area (Å²) in [6.45, 7) is 2.54. The van der Waals surface area contributed by atoms with Crippen LogP contribution in [0.15, 0.2) is 42.6 Å². The maximum atomic E-state index is 8.84. The van der Waals surface area contributed by atoms with Gasteiger partial charge in [-0.15, -0.1) is 0 Å². The van der Waals surface area contributed by atoms with E-state index < -0.39 is 0 Å². The van der Waals surface area contributed by atoms with Crippen LogP contribution in [-0.2, 0) is 13.0 Å². The minimum Gasteiger partial charge on any atom is -0.488 e. The number of pyridine rings is 1. The largest absolute Gasteiger partial charge is 0.488 e. The second kappa shape index (κ2) is 5.83. The van der Waals surface area contributed by atoms with Crippen LogP contribution in [0, 0.1) is 11.3 Å². The summed E-state index contributed by atoms with van der Waals surface area (Å²) in [6.07, 6.45) is 2.54.